The van der Waals surface area contributed by atoms with Crippen LogP contribution in [-0.2, 0) is 4.79 Å². The van der Waals surface area contributed by atoms with Crippen molar-refractivity contribution in [2.45, 2.75) is 13.8 Å². The molecule has 0 unspecified atom stereocenters. The van der Waals surface area contributed by atoms with Gasteiger partial charge < -0.3 is 10.4 Å². The number of aromatic hydroxyl groups is 1. The van der Waals surface area contributed by atoms with Crippen LogP contribution in [0.5, 0.6) is 5.75 Å². The van der Waals surface area contributed by atoms with Crippen molar-refractivity contribution in [2.75, 3.05) is 10.6 Å². The molecule has 0 aliphatic heterocycles. The summed E-state index contributed by atoms with van der Waals surface area (Å²) in [7, 11) is 0. The molecule has 0 bridgehead atoms. The molecule has 0 atom stereocenters. The Bertz CT molecular complexity index is 913. The van der Waals surface area contributed by atoms with E-state index in [-0.39, 0.29) is 29.5 Å². The van der Waals surface area contributed by atoms with Crippen molar-refractivity contribution in [3.05, 3.63) is 54.6 Å². The van der Waals surface area contributed by atoms with Crippen molar-refractivity contribution in [2.24, 2.45) is 5.92 Å². The van der Waals surface area contributed by atoms with Crippen LogP contribution in [0.1, 0.15) is 13.8 Å². The number of nitrogens with zero attached hydrogens (tertiary/aromatic N) is 3. The highest BCUT2D eigenvalue weighted by Gasteiger charge is 2.14. The number of aromatic nitrogens is 3. The lowest BCUT2D eigenvalue weighted by Gasteiger charge is -2.11. The molecule has 0 fully saturated rings. The first-order chi connectivity index (χ1) is 12.5. The zero-order valence-electron chi connectivity index (χ0n) is 14.5. The minimum atomic E-state index is -0.207. The van der Waals surface area contributed by atoms with Crippen molar-refractivity contribution in [1.82, 2.24) is 15.0 Å². The fourth-order valence-electron chi connectivity index (χ4n) is 2.16. The summed E-state index contributed by atoms with van der Waals surface area (Å²) in [6.07, 6.45) is 0. The minimum absolute atomic E-state index is 0.0712. The standard InChI is InChI=1S/C19H19N5O2/c1-12(2)17(26)23-19-22-16(13-8-4-3-5-9-13)21-18(24-19)20-14-10-6-7-11-15(14)25/h3-12,25H,1-2H3,(H2,20,21,22,23,24,26). The Morgan fingerprint density at radius 2 is 1.58 bits per heavy atom. The monoisotopic (exact) mass is 349 g/mol. The Kier molecular flexibility index (Phi) is 5.07. The van der Waals surface area contributed by atoms with Gasteiger partial charge in [0, 0.05) is 11.5 Å². The first-order valence-electron chi connectivity index (χ1n) is 8.20. The lowest BCUT2D eigenvalue weighted by molar-refractivity contribution is -0.118. The third kappa shape index (κ3) is 4.13. The summed E-state index contributed by atoms with van der Waals surface area (Å²) in [4.78, 5) is 25.0. The number of amides is 1. The largest absolute Gasteiger partial charge is 0.506 e. The minimum Gasteiger partial charge on any atom is -0.506 e. The van der Waals surface area contributed by atoms with Crippen LogP contribution in [0.4, 0.5) is 17.6 Å². The molecule has 1 aromatic heterocycles. The number of rotatable bonds is 5. The Hall–Kier alpha value is -3.48. The summed E-state index contributed by atoms with van der Waals surface area (Å²) in [5.41, 5.74) is 1.24. The first-order valence-corrected chi connectivity index (χ1v) is 8.20. The molecule has 3 aromatic rings. The lowest BCUT2D eigenvalue weighted by Crippen LogP contribution is -2.20. The van der Waals surface area contributed by atoms with Gasteiger partial charge in [-0.25, -0.2) is 0 Å². The van der Waals surface area contributed by atoms with Crippen molar-refractivity contribution >= 4 is 23.5 Å². The maximum Gasteiger partial charge on any atom is 0.234 e. The number of hydrogen-bond acceptors (Lipinski definition) is 6. The molecular formula is C19H19N5O2. The molecular weight excluding hydrogens is 330 g/mol. The molecule has 0 aliphatic carbocycles. The van der Waals surface area contributed by atoms with Crippen molar-refractivity contribution in [3.63, 3.8) is 0 Å². The second-order valence-corrected chi connectivity index (χ2v) is 5.96. The highest BCUT2D eigenvalue weighted by Crippen LogP contribution is 2.26. The molecule has 0 spiro atoms. The predicted molar refractivity (Wildman–Crippen MR) is 100 cm³/mol. The van der Waals surface area contributed by atoms with Gasteiger partial charge in [0.2, 0.25) is 17.8 Å². The lowest BCUT2D eigenvalue weighted by atomic mass is 10.2. The summed E-state index contributed by atoms with van der Waals surface area (Å²) in [6, 6.07) is 16.1. The maximum absolute atomic E-state index is 12.0. The number of phenols is 1. The number of para-hydroxylation sites is 2. The van der Waals surface area contributed by atoms with Crippen LogP contribution >= 0.6 is 0 Å². The van der Waals surface area contributed by atoms with E-state index >= 15 is 0 Å². The summed E-state index contributed by atoms with van der Waals surface area (Å²) >= 11 is 0. The Morgan fingerprint density at radius 1 is 0.923 bits per heavy atom. The first kappa shape index (κ1) is 17.3. The smallest absolute Gasteiger partial charge is 0.234 e. The van der Waals surface area contributed by atoms with Crippen molar-refractivity contribution in [1.29, 1.82) is 0 Å². The zero-order chi connectivity index (χ0) is 18.5. The van der Waals surface area contributed by atoms with Crippen LogP contribution in [0.15, 0.2) is 54.6 Å². The van der Waals surface area contributed by atoms with E-state index in [1.165, 1.54) is 0 Å². The fraction of sp³-hybridized carbons (Fsp3) is 0.158. The van der Waals surface area contributed by atoms with E-state index in [0.717, 1.165) is 5.56 Å². The quantitative estimate of drug-likeness (QED) is 0.609. The van der Waals surface area contributed by atoms with E-state index < -0.39 is 0 Å². The molecule has 3 N–H and O–H groups in total. The van der Waals surface area contributed by atoms with Gasteiger partial charge >= 0.3 is 0 Å². The summed E-state index contributed by atoms with van der Waals surface area (Å²) < 4.78 is 0. The van der Waals surface area contributed by atoms with E-state index in [4.69, 9.17) is 0 Å². The predicted octanol–water partition coefficient (Wildman–Crippen LogP) is 3.58. The molecule has 0 saturated carbocycles. The molecule has 0 aliphatic rings. The van der Waals surface area contributed by atoms with E-state index in [1.807, 2.05) is 30.3 Å². The highest BCUT2D eigenvalue weighted by atomic mass is 16.3. The maximum atomic E-state index is 12.0. The number of hydrogen-bond donors (Lipinski definition) is 3. The SMILES string of the molecule is CC(C)C(=O)Nc1nc(Nc2ccccc2O)nc(-c2ccccc2)n1. The van der Waals surface area contributed by atoms with E-state index in [0.29, 0.717) is 11.5 Å². The molecule has 0 radical (unpaired) electrons. The third-order valence-corrected chi connectivity index (χ3v) is 3.58. The Labute approximate surface area is 151 Å². The van der Waals surface area contributed by atoms with Crippen LogP contribution in [0.2, 0.25) is 0 Å². The summed E-state index contributed by atoms with van der Waals surface area (Å²) in [6.45, 7) is 3.57. The summed E-state index contributed by atoms with van der Waals surface area (Å²) in [5.74, 6) is 0.458. The second-order valence-electron chi connectivity index (χ2n) is 5.96. The van der Waals surface area contributed by atoms with Crippen molar-refractivity contribution < 1.29 is 9.90 Å². The van der Waals surface area contributed by atoms with Crippen LogP contribution in [0.25, 0.3) is 11.4 Å². The topological polar surface area (TPSA) is 100 Å². The van der Waals surface area contributed by atoms with E-state index in [9.17, 15) is 9.90 Å². The average Bonchev–Trinajstić information content (AvgIpc) is 2.64. The molecule has 132 valence electrons. The number of carbonyl (C=O) groups excluding carboxylic acids is 1. The number of anilines is 3. The normalized spacial score (nSPS) is 10.6. The van der Waals surface area contributed by atoms with Crippen molar-refractivity contribution in [3.8, 4) is 17.1 Å². The van der Waals surface area contributed by atoms with Crippen LogP contribution in [0.3, 0.4) is 0 Å². The van der Waals surface area contributed by atoms with Gasteiger partial charge in [-0.15, -0.1) is 0 Å². The number of benzene rings is 2. The molecule has 7 nitrogen and oxygen atoms in total. The van der Waals surface area contributed by atoms with Crippen LogP contribution < -0.4 is 10.6 Å². The van der Waals surface area contributed by atoms with Gasteiger partial charge in [-0.05, 0) is 12.1 Å². The average molecular weight is 349 g/mol. The summed E-state index contributed by atoms with van der Waals surface area (Å²) in [5, 5.41) is 15.6. The van der Waals surface area contributed by atoms with Gasteiger partial charge in [0.1, 0.15) is 5.75 Å². The molecule has 26 heavy (non-hydrogen) atoms. The third-order valence-electron chi connectivity index (χ3n) is 3.58. The van der Waals surface area contributed by atoms with Gasteiger partial charge in [0.25, 0.3) is 0 Å². The highest BCUT2D eigenvalue weighted by molar-refractivity contribution is 5.90. The molecule has 1 amide bonds. The van der Waals surface area contributed by atoms with E-state index in [1.54, 1.807) is 38.1 Å². The van der Waals surface area contributed by atoms with Gasteiger partial charge in [0.05, 0.1) is 5.69 Å². The van der Waals surface area contributed by atoms with Gasteiger partial charge in [0.15, 0.2) is 5.82 Å². The van der Waals surface area contributed by atoms with E-state index in [2.05, 4.69) is 25.6 Å². The van der Waals surface area contributed by atoms with Crippen LogP contribution in [0, 0.1) is 5.92 Å². The van der Waals surface area contributed by atoms with Crippen LogP contribution in [-0.4, -0.2) is 26.0 Å². The van der Waals surface area contributed by atoms with Gasteiger partial charge in [-0.1, -0.05) is 56.3 Å². The van der Waals surface area contributed by atoms with Gasteiger partial charge in [-0.3, -0.25) is 10.1 Å². The zero-order valence-corrected chi connectivity index (χ0v) is 14.5. The Morgan fingerprint density at radius 3 is 2.27 bits per heavy atom. The second kappa shape index (κ2) is 7.60. The molecule has 2 aromatic carbocycles. The molecule has 7 heteroatoms. The number of nitrogens with one attached hydrogen (secondary N) is 2. The number of phenolic OH excluding ortho intramolecular Hbond substituents is 1. The molecule has 3 rings (SSSR count). The molecule has 1 heterocycles. The number of carbonyl (C=O) groups is 1. The molecule has 0 saturated heterocycles. The van der Waals surface area contributed by atoms with Gasteiger partial charge in [-0.2, -0.15) is 15.0 Å². The Balaban J connectivity index is 2.00. The fourth-order valence-corrected chi connectivity index (χ4v) is 2.16.